The van der Waals surface area contributed by atoms with Crippen molar-refractivity contribution >= 4 is 11.3 Å². The maximum atomic E-state index is 5.81. The van der Waals surface area contributed by atoms with Gasteiger partial charge in [-0.3, -0.25) is 4.98 Å². The molecule has 0 amide bonds. The van der Waals surface area contributed by atoms with Crippen LogP contribution >= 0.6 is 11.3 Å². The lowest BCUT2D eigenvalue weighted by molar-refractivity contribution is -0.0375. The SMILES string of the molecule is CCNC(Cc1cncs1)C(C)(C)OCC. The Morgan fingerprint density at radius 2 is 2.25 bits per heavy atom. The average Bonchev–Trinajstić information content (AvgIpc) is 2.69. The van der Waals surface area contributed by atoms with Crippen molar-refractivity contribution in [2.45, 2.75) is 45.8 Å². The first-order chi connectivity index (χ1) is 7.60. The number of ether oxygens (including phenoxy) is 1. The number of hydrogen-bond acceptors (Lipinski definition) is 4. The highest BCUT2D eigenvalue weighted by Crippen LogP contribution is 2.20. The molecule has 1 rings (SSSR count). The molecule has 16 heavy (non-hydrogen) atoms. The van der Waals surface area contributed by atoms with E-state index in [2.05, 4.69) is 31.1 Å². The van der Waals surface area contributed by atoms with Crippen LogP contribution in [-0.4, -0.2) is 29.8 Å². The van der Waals surface area contributed by atoms with Gasteiger partial charge < -0.3 is 10.1 Å². The summed E-state index contributed by atoms with van der Waals surface area (Å²) in [5, 5.41) is 3.50. The van der Waals surface area contributed by atoms with Crippen molar-refractivity contribution in [3.63, 3.8) is 0 Å². The van der Waals surface area contributed by atoms with Crippen LogP contribution in [0.3, 0.4) is 0 Å². The van der Waals surface area contributed by atoms with E-state index in [1.807, 2.05) is 18.6 Å². The number of nitrogens with one attached hydrogen (secondary N) is 1. The Labute approximate surface area is 102 Å². The zero-order chi connectivity index (χ0) is 12.0. The average molecular weight is 242 g/mol. The van der Waals surface area contributed by atoms with Crippen LogP contribution in [0.4, 0.5) is 0 Å². The van der Waals surface area contributed by atoms with E-state index in [1.54, 1.807) is 11.3 Å². The van der Waals surface area contributed by atoms with E-state index < -0.39 is 0 Å². The molecule has 0 aliphatic heterocycles. The Balaban J connectivity index is 2.66. The predicted octanol–water partition coefficient (Wildman–Crippen LogP) is 2.48. The van der Waals surface area contributed by atoms with Gasteiger partial charge in [0.25, 0.3) is 0 Å². The standard InChI is InChI=1S/C12H22N2OS/c1-5-14-11(12(3,4)15-6-2)7-10-8-13-9-16-10/h8-9,11,14H,5-7H2,1-4H3. The molecular formula is C12H22N2OS. The van der Waals surface area contributed by atoms with Crippen molar-refractivity contribution in [1.82, 2.24) is 10.3 Å². The fraction of sp³-hybridized carbons (Fsp3) is 0.750. The number of likely N-dealkylation sites (N-methyl/N-ethyl adjacent to an activating group) is 1. The number of thiazole rings is 1. The van der Waals surface area contributed by atoms with E-state index >= 15 is 0 Å². The number of rotatable bonds is 7. The Morgan fingerprint density at radius 1 is 1.50 bits per heavy atom. The van der Waals surface area contributed by atoms with Crippen LogP contribution in [0.2, 0.25) is 0 Å². The van der Waals surface area contributed by atoms with E-state index in [1.165, 1.54) is 4.88 Å². The summed E-state index contributed by atoms with van der Waals surface area (Å²) >= 11 is 1.70. The molecule has 1 aromatic rings. The largest absolute Gasteiger partial charge is 0.374 e. The maximum Gasteiger partial charge on any atom is 0.0794 e. The van der Waals surface area contributed by atoms with E-state index in [-0.39, 0.29) is 5.60 Å². The molecule has 1 N–H and O–H groups in total. The molecule has 0 saturated carbocycles. The summed E-state index contributed by atoms with van der Waals surface area (Å²) in [7, 11) is 0. The van der Waals surface area contributed by atoms with Crippen LogP contribution in [0.5, 0.6) is 0 Å². The first-order valence-electron chi connectivity index (χ1n) is 5.84. The highest BCUT2D eigenvalue weighted by Gasteiger charge is 2.29. The third-order valence-electron chi connectivity index (χ3n) is 2.69. The molecule has 1 heterocycles. The molecule has 0 bridgehead atoms. The van der Waals surface area contributed by atoms with Crippen molar-refractivity contribution in [2.24, 2.45) is 0 Å². The molecule has 0 aliphatic carbocycles. The highest BCUT2D eigenvalue weighted by molar-refractivity contribution is 7.09. The maximum absolute atomic E-state index is 5.81. The molecule has 0 aliphatic rings. The lowest BCUT2D eigenvalue weighted by Gasteiger charge is -2.34. The lowest BCUT2D eigenvalue weighted by Crippen LogP contribution is -2.49. The van der Waals surface area contributed by atoms with Gasteiger partial charge in [-0.1, -0.05) is 6.92 Å². The second kappa shape index (κ2) is 6.33. The van der Waals surface area contributed by atoms with Gasteiger partial charge in [-0.2, -0.15) is 0 Å². The molecule has 3 nitrogen and oxygen atoms in total. The highest BCUT2D eigenvalue weighted by atomic mass is 32.1. The zero-order valence-corrected chi connectivity index (χ0v) is 11.4. The van der Waals surface area contributed by atoms with Gasteiger partial charge in [0, 0.05) is 30.1 Å². The van der Waals surface area contributed by atoms with Gasteiger partial charge in [-0.05, 0) is 27.3 Å². The summed E-state index contributed by atoms with van der Waals surface area (Å²) < 4.78 is 5.81. The van der Waals surface area contributed by atoms with Gasteiger partial charge in [-0.25, -0.2) is 0 Å². The van der Waals surface area contributed by atoms with Gasteiger partial charge in [0.2, 0.25) is 0 Å². The molecule has 1 unspecified atom stereocenters. The van der Waals surface area contributed by atoms with Crippen molar-refractivity contribution < 1.29 is 4.74 Å². The number of nitrogens with zero attached hydrogens (tertiary/aromatic N) is 1. The smallest absolute Gasteiger partial charge is 0.0794 e. The second-order valence-electron chi connectivity index (χ2n) is 4.32. The van der Waals surface area contributed by atoms with Gasteiger partial charge in [-0.15, -0.1) is 11.3 Å². The third-order valence-corrected chi connectivity index (χ3v) is 3.50. The minimum Gasteiger partial charge on any atom is -0.374 e. The summed E-state index contributed by atoms with van der Waals surface area (Å²) in [4.78, 5) is 5.42. The Morgan fingerprint density at radius 3 is 2.75 bits per heavy atom. The van der Waals surface area contributed by atoms with Crippen LogP contribution < -0.4 is 5.32 Å². The van der Waals surface area contributed by atoms with Crippen LogP contribution in [0.15, 0.2) is 11.7 Å². The number of aromatic nitrogens is 1. The number of hydrogen-bond donors (Lipinski definition) is 1. The van der Waals surface area contributed by atoms with Crippen molar-refractivity contribution in [1.29, 1.82) is 0 Å². The summed E-state index contributed by atoms with van der Waals surface area (Å²) in [5.41, 5.74) is 1.74. The first-order valence-corrected chi connectivity index (χ1v) is 6.72. The lowest BCUT2D eigenvalue weighted by atomic mass is 9.95. The molecule has 0 aromatic carbocycles. The van der Waals surface area contributed by atoms with Crippen molar-refractivity contribution in [2.75, 3.05) is 13.2 Å². The summed E-state index contributed by atoms with van der Waals surface area (Å²) in [5.74, 6) is 0. The molecule has 0 saturated heterocycles. The minimum absolute atomic E-state index is 0.144. The zero-order valence-electron chi connectivity index (χ0n) is 10.6. The Kier molecular flexibility index (Phi) is 5.38. The van der Waals surface area contributed by atoms with Crippen LogP contribution in [0.1, 0.15) is 32.6 Å². The first kappa shape index (κ1) is 13.6. The molecule has 0 radical (unpaired) electrons. The molecule has 1 atom stereocenters. The van der Waals surface area contributed by atoms with E-state index in [0.717, 1.165) is 19.6 Å². The van der Waals surface area contributed by atoms with Crippen LogP contribution in [-0.2, 0) is 11.2 Å². The molecule has 92 valence electrons. The van der Waals surface area contributed by atoms with E-state index in [4.69, 9.17) is 4.74 Å². The summed E-state index contributed by atoms with van der Waals surface area (Å²) in [6.45, 7) is 10.2. The molecule has 0 fully saturated rings. The molecular weight excluding hydrogens is 220 g/mol. The molecule has 1 aromatic heterocycles. The third kappa shape index (κ3) is 3.85. The predicted molar refractivity (Wildman–Crippen MR) is 69.0 cm³/mol. The second-order valence-corrected chi connectivity index (χ2v) is 5.29. The molecule has 4 heteroatoms. The topological polar surface area (TPSA) is 34.2 Å². The van der Waals surface area contributed by atoms with Gasteiger partial charge in [0.15, 0.2) is 0 Å². The van der Waals surface area contributed by atoms with Crippen LogP contribution in [0, 0.1) is 0 Å². The fourth-order valence-corrected chi connectivity index (χ4v) is 2.47. The summed E-state index contributed by atoms with van der Waals surface area (Å²) in [6.07, 6.45) is 2.92. The minimum atomic E-state index is -0.144. The molecule has 0 spiro atoms. The fourth-order valence-electron chi connectivity index (χ4n) is 1.83. The van der Waals surface area contributed by atoms with Gasteiger partial charge in [0.05, 0.1) is 11.1 Å². The Hall–Kier alpha value is -0.450. The van der Waals surface area contributed by atoms with E-state index in [0.29, 0.717) is 6.04 Å². The van der Waals surface area contributed by atoms with Crippen molar-refractivity contribution in [3.8, 4) is 0 Å². The van der Waals surface area contributed by atoms with Gasteiger partial charge in [0.1, 0.15) is 0 Å². The normalized spacial score (nSPS) is 14.0. The van der Waals surface area contributed by atoms with Gasteiger partial charge >= 0.3 is 0 Å². The van der Waals surface area contributed by atoms with Crippen molar-refractivity contribution in [3.05, 3.63) is 16.6 Å². The van der Waals surface area contributed by atoms with E-state index in [9.17, 15) is 0 Å². The Bertz CT molecular complexity index is 285. The monoisotopic (exact) mass is 242 g/mol. The summed E-state index contributed by atoms with van der Waals surface area (Å²) in [6, 6.07) is 0.331. The quantitative estimate of drug-likeness (QED) is 0.797. The van der Waals surface area contributed by atoms with Crippen LogP contribution in [0.25, 0.3) is 0 Å².